The monoisotopic (exact) mass is 395 g/mol. The van der Waals surface area contributed by atoms with Gasteiger partial charge in [0.05, 0.1) is 5.69 Å². The zero-order valence-corrected chi connectivity index (χ0v) is 14.4. The van der Waals surface area contributed by atoms with E-state index in [9.17, 15) is 27.6 Å². The third-order valence-electron chi connectivity index (χ3n) is 4.17. The fourth-order valence-corrected chi connectivity index (χ4v) is 2.91. The maximum Gasteiger partial charge on any atom is 0.406 e. The van der Waals surface area contributed by atoms with Crippen LogP contribution in [0.5, 0.6) is 0 Å². The summed E-state index contributed by atoms with van der Waals surface area (Å²) < 4.78 is 38.6. The van der Waals surface area contributed by atoms with Crippen LogP contribution in [0.25, 0.3) is 5.69 Å². The third kappa shape index (κ3) is 4.13. The van der Waals surface area contributed by atoms with E-state index < -0.39 is 36.5 Å². The highest BCUT2D eigenvalue weighted by Gasteiger charge is 2.40. The Balaban J connectivity index is 1.77. The van der Waals surface area contributed by atoms with Crippen molar-refractivity contribution in [2.75, 3.05) is 13.1 Å². The molecule has 2 heterocycles. The van der Waals surface area contributed by atoms with Gasteiger partial charge in [-0.05, 0) is 18.6 Å². The van der Waals surface area contributed by atoms with Crippen LogP contribution in [0.2, 0.25) is 0 Å². The highest BCUT2D eigenvalue weighted by atomic mass is 19.4. The molecule has 1 fully saturated rings. The van der Waals surface area contributed by atoms with Gasteiger partial charge in [0.1, 0.15) is 18.3 Å². The lowest BCUT2D eigenvalue weighted by molar-refractivity contribution is -0.157. The maximum atomic E-state index is 12.5. The van der Waals surface area contributed by atoms with Gasteiger partial charge < -0.3 is 16.0 Å². The minimum absolute atomic E-state index is 0.0444. The van der Waals surface area contributed by atoms with Gasteiger partial charge in [0, 0.05) is 12.6 Å². The summed E-state index contributed by atoms with van der Waals surface area (Å²) in [5.41, 5.74) is 5.59. The number of nitrogens with two attached hydrogens (primary N) is 1. The number of para-hydroxylation sites is 1. The predicted molar refractivity (Wildman–Crippen MR) is 90.6 cm³/mol. The van der Waals surface area contributed by atoms with E-state index in [4.69, 9.17) is 5.73 Å². The maximum absolute atomic E-state index is 12.5. The Kier molecular flexibility index (Phi) is 5.08. The van der Waals surface area contributed by atoms with Crippen LogP contribution in [-0.2, 0) is 4.79 Å². The molecular formula is C17H16F3N5O3. The van der Waals surface area contributed by atoms with E-state index in [1.54, 1.807) is 30.3 Å². The fraction of sp³-hybridized carbons (Fsp3) is 0.294. The Morgan fingerprint density at radius 2 is 1.93 bits per heavy atom. The first-order chi connectivity index (χ1) is 13.2. The number of hydrogen-bond acceptors (Lipinski definition) is 4. The molecule has 0 radical (unpaired) electrons. The standard InChI is InChI=1S/C17H16F3N5O3/c18-17(19,20)9-24-7-6-11(16(24)28)22-15(27)12-8-13(14(21)26)25(23-12)10-4-2-1-3-5-10/h1-5,8,11H,6-7,9H2,(H2,21,26)(H,22,27). The summed E-state index contributed by atoms with van der Waals surface area (Å²) in [4.78, 5) is 36.8. The first kappa shape index (κ1) is 19.4. The Hall–Kier alpha value is -3.37. The van der Waals surface area contributed by atoms with Crippen LogP contribution in [0.15, 0.2) is 36.4 Å². The molecule has 0 aliphatic carbocycles. The predicted octanol–water partition coefficient (Wildman–Crippen LogP) is 0.864. The second-order valence-corrected chi connectivity index (χ2v) is 6.22. The molecule has 8 nitrogen and oxygen atoms in total. The third-order valence-corrected chi connectivity index (χ3v) is 4.17. The number of rotatable bonds is 5. The van der Waals surface area contributed by atoms with Crippen molar-refractivity contribution in [1.29, 1.82) is 0 Å². The Labute approximate surface area is 157 Å². The molecule has 11 heteroatoms. The summed E-state index contributed by atoms with van der Waals surface area (Å²) in [7, 11) is 0. The number of alkyl halides is 3. The number of nitrogens with one attached hydrogen (secondary N) is 1. The molecule has 0 spiro atoms. The number of nitrogens with zero attached hydrogens (tertiary/aromatic N) is 3. The van der Waals surface area contributed by atoms with Gasteiger partial charge in [-0.25, -0.2) is 4.68 Å². The van der Waals surface area contributed by atoms with E-state index in [2.05, 4.69) is 10.4 Å². The lowest BCUT2D eigenvalue weighted by atomic mass is 10.2. The summed E-state index contributed by atoms with van der Waals surface area (Å²) in [6.45, 7) is -1.49. The topological polar surface area (TPSA) is 110 Å². The van der Waals surface area contributed by atoms with E-state index in [1.165, 1.54) is 4.68 Å². The number of hydrogen-bond donors (Lipinski definition) is 2. The highest BCUT2D eigenvalue weighted by Crippen LogP contribution is 2.21. The molecular weight excluding hydrogens is 379 g/mol. The SMILES string of the molecule is NC(=O)c1cc(C(=O)NC2CCN(CC(F)(F)F)C2=O)nn1-c1ccccc1. The van der Waals surface area contributed by atoms with Gasteiger partial charge in [-0.2, -0.15) is 18.3 Å². The van der Waals surface area contributed by atoms with E-state index in [-0.39, 0.29) is 24.4 Å². The van der Waals surface area contributed by atoms with Gasteiger partial charge >= 0.3 is 6.18 Å². The minimum atomic E-state index is -4.51. The fourth-order valence-electron chi connectivity index (χ4n) is 2.91. The number of primary amides is 1. The van der Waals surface area contributed by atoms with Crippen molar-refractivity contribution < 1.29 is 27.6 Å². The molecule has 0 bridgehead atoms. The van der Waals surface area contributed by atoms with Crippen molar-refractivity contribution in [2.24, 2.45) is 5.73 Å². The van der Waals surface area contributed by atoms with Crippen LogP contribution in [0.1, 0.15) is 27.4 Å². The van der Waals surface area contributed by atoms with Crippen molar-refractivity contribution in [3.8, 4) is 5.69 Å². The number of carbonyl (C=O) groups is 3. The number of benzene rings is 1. The summed E-state index contributed by atoms with van der Waals surface area (Å²) in [5, 5.41) is 6.41. The second-order valence-electron chi connectivity index (χ2n) is 6.22. The molecule has 2 aromatic rings. The van der Waals surface area contributed by atoms with Crippen LogP contribution >= 0.6 is 0 Å². The van der Waals surface area contributed by atoms with Crippen LogP contribution in [0, 0.1) is 0 Å². The van der Waals surface area contributed by atoms with Gasteiger partial charge in [-0.1, -0.05) is 18.2 Å². The largest absolute Gasteiger partial charge is 0.406 e. The molecule has 1 aliphatic heterocycles. The van der Waals surface area contributed by atoms with Crippen molar-refractivity contribution in [3.05, 3.63) is 47.8 Å². The smallest absolute Gasteiger partial charge is 0.364 e. The van der Waals surface area contributed by atoms with Crippen LogP contribution in [-0.4, -0.2) is 57.7 Å². The van der Waals surface area contributed by atoms with Gasteiger partial charge in [0.2, 0.25) is 5.91 Å². The molecule has 3 amide bonds. The van der Waals surface area contributed by atoms with E-state index >= 15 is 0 Å². The van der Waals surface area contributed by atoms with E-state index in [1.807, 2.05) is 0 Å². The van der Waals surface area contributed by atoms with Crippen LogP contribution in [0.3, 0.4) is 0 Å². The van der Waals surface area contributed by atoms with Crippen LogP contribution in [0.4, 0.5) is 13.2 Å². The Bertz CT molecular complexity index is 911. The molecule has 1 aromatic heterocycles. The number of amides is 3. The number of carbonyl (C=O) groups excluding carboxylic acids is 3. The summed E-state index contributed by atoms with van der Waals surface area (Å²) in [5.74, 6) is -2.42. The lowest BCUT2D eigenvalue weighted by Crippen LogP contribution is -2.43. The van der Waals surface area contributed by atoms with Gasteiger partial charge in [-0.3, -0.25) is 14.4 Å². The van der Waals surface area contributed by atoms with Crippen molar-refractivity contribution in [2.45, 2.75) is 18.6 Å². The van der Waals surface area contributed by atoms with Crippen molar-refractivity contribution in [3.63, 3.8) is 0 Å². The molecule has 1 atom stereocenters. The zero-order valence-electron chi connectivity index (χ0n) is 14.4. The molecule has 3 rings (SSSR count). The molecule has 1 aliphatic rings. The molecule has 148 valence electrons. The second kappa shape index (κ2) is 7.33. The van der Waals surface area contributed by atoms with Gasteiger partial charge in [0.25, 0.3) is 11.8 Å². The normalized spacial score (nSPS) is 17.0. The number of aromatic nitrogens is 2. The molecule has 1 unspecified atom stereocenters. The summed E-state index contributed by atoms with van der Waals surface area (Å²) in [6.07, 6.45) is -4.47. The van der Waals surface area contributed by atoms with Crippen molar-refractivity contribution >= 4 is 17.7 Å². The first-order valence-electron chi connectivity index (χ1n) is 8.27. The van der Waals surface area contributed by atoms with E-state index in [0.717, 1.165) is 6.07 Å². The van der Waals surface area contributed by atoms with E-state index in [0.29, 0.717) is 10.6 Å². The quantitative estimate of drug-likeness (QED) is 0.783. The molecule has 1 saturated heterocycles. The average Bonchev–Trinajstić information content (AvgIpc) is 3.21. The summed E-state index contributed by atoms with van der Waals surface area (Å²) in [6, 6.07) is 8.53. The lowest BCUT2D eigenvalue weighted by Gasteiger charge is -2.18. The number of likely N-dealkylation sites (tertiary alicyclic amines) is 1. The molecule has 1 aromatic carbocycles. The Morgan fingerprint density at radius 3 is 2.54 bits per heavy atom. The summed E-state index contributed by atoms with van der Waals surface area (Å²) >= 11 is 0. The van der Waals surface area contributed by atoms with Crippen molar-refractivity contribution in [1.82, 2.24) is 20.0 Å². The number of halogens is 3. The molecule has 28 heavy (non-hydrogen) atoms. The molecule has 0 saturated carbocycles. The van der Waals surface area contributed by atoms with Gasteiger partial charge in [-0.15, -0.1) is 0 Å². The first-order valence-corrected chi connectivity index (χ1v) is 8.27. The highest BCUT2D eigenvalue weighted by molar-refractivity contribution is 5.99. The van der Waals surface area contributed by atoms with Crippen LogP contribution < -0.4 is 11.1 Å². The minimum Gasteiger partial charge on any atom is -0.364 e. The Morgan fingerprint density at radius 1 is 1.25 bits per heavy atom. The average molecular weight is 395 g/mol. The zero-order chi connectivity index (χ0) is 20.5. The molecule has 3 N–H and O–H groups in total. The van der Waals surface area contributed by atoms with Gasteiger partial charge in [0.15, 0.2) is 5.69 Å².